The molecule has 1 saturated carbocycles. The summed E-state index contributed by atoms with van der Waals surface area (Å²) in [4.78, 5) is 0. The third-order valence-electron chi connectivity index (χ3n) is 4.19. The van der Waals surface area contributed by atoms with Crippen LogP contribution in [0.5, 0.6) is 0 Å². The molecule has 6 nitrogen and oxygen atoms in total. The summed E-state index contributed by atoms with van der Waals surface area (Å²) in [5, 5.41) is 8.08. The van der Waals surface area contributed by atoms with Crippen molar-refractivity contribution >= 4 is 21.1 Å². The van der Waals surface area contributed by atoms with E-state index in [1.165, 1.54) is 12.8 Å². The minimum Gasteiger partial charge on any atom is -0.244 e. The number of benzene rings is 1. The predicted octanol–water partition coefficient (Wildman–Crippen LogP) is 2.07. The second-order valence-corrected chi connectivity index (χ2v) is 7.80. The van der Waals surface area contributed by atoms with Crippen molar-refractivity contribution in [1.29, 1.82) is 0 Å². The highest BCUT2D eigenvalue weighted by molar-refractivity contribution is 7.89. The second kappa shape index (κ2) is 6.75. The molecule has 0 aliphatic heterocycles. The van der Waals surface area contributed by atoms with E-state index in [0.717, 1.165) is 36.7 Å². The number of nitrogens with zero attached hydrogens (tertiary/aromatic N) is 3. The Morgan fingerprint density at radius 3 is 2.64 bits per heavy atom. The molecule has 7 heteroatoms. The zero-order chi connectivity index (χ0) is 15.4. The van der Waals surface area contributed by atoms with Gasteiger partial charge in [-0.3, -0.25) is 0 Å². The highest BCUT2D eigenvalue weighted by Crippen LogP contribution is 2.18. The number of aromatic nitrogens is 3. The molecule has 0 amide bonds. The minimum atomic E-state index is -3.28. The maximum Gasteiger partial charge on any atom is 0.213 e. The van der Waals surface area contributed by atoms with Crippen molar-refractivity contribution in [3.8, 4) is 0 Å². The first-order chi connectivity index (χ1) is 10.6. The van der Waals surface area contributed by atoms with Crippen LogP contribution in [-0.4, -0.2) is 35.2 Å². The summed E-state index contributed by atoms with van der Waals surface area (Å²) in [7, 11) is -3.28. The summed E-state index contributed by atoms with van der Waals surface area (Å²) in [6.07, 6.45) is 6.55. The number of nitrogens with one attached hydrogen (secondary N) is 1. The molecule has 0 atom stereocenters. The van der Waals surface area contributed by atoms with Crippen LogP contribution in [0.1, 0.15) is 38.5 Å². The van der Waals surface area contributed by atoms with Crippen LogP contribution in [0.2, 0.25) is 0 Å². The minimum absolute atomic E-state index is 0.0385. The Balaban J connectivity index is 1.62. The molecule has 1 heterocycles. The Kier molecular flexibility index (Phi) is 4.73. The van der Waals surface area contributed by atoms with Crippen molar-refractivity contribution in [1.82, 2.24) is 19.7 Å². The third kappa shape index (κ3) is 3.84. The molecule has 1 aromatic carbocycles. The topological polar surface area (TPSA) is 76.9 Å². The number of para-hydroxylation sites is 1. The van der Waals surface area contributed by atoms with Crippen molar-refractivity contribution in [2.24, 2.45) is 0 Å². The largest absolute Gasteiger partial charge is 0.244 e. The molecule has 1 N–H and O–H groups in total. The standard InChI is InChI=1S/C15H22N4O2S/c20-22(21,17-13-7-3-1-2-4-8-13)12-11-19-15-10-6-5-9-14(15)16-18-19/h5-6,9-10,13,17H,1-4,7-8,11-12H2. The van der Waals surface area contributed by atoms with Gasteiger partial charge in [0.2, 0.25) is 10.0 Å². The van der Waals surface area contributed by atoms with Crippen LogP contribution >= 0.6 is 0 Å². The predicted molar refractivity (Wildman–Crippen MR) is 85.9 cm³/mol. The second-order valence-electron chi connectivity index (χ2n) is 5.93. The Bertz CT molecular complexity index is 718. The summed E-state index contributed by atoms with van der Waals surface area (Å²) < 4.78 is 29.1. The lowest BCUT2D eigenvalue weighted by atomic mass is 10.1. The smallest absolute Gasteiger partial charge is 0.213 e. The molecule has 0 bridgehead atoms. The van der Waals surface area contributed by atoms with Crippen molar-refractivity contribution < 1.29 is 8.42 Å². The fourth-order valence-corrected chi connectivity index (χ4v) is 4.27. The van der Waals surface area contributed by atoms with Gasteiger partial charge in [0, 0.05) is 6.04 Å². The molecule has 1 aliphatic carbocycles. The third-order valence-corrected chi connectivity index (χ3v) is 5.61. The van der Waals surface area contributed by atoms with Gasteiger partial charge >= 0.3 is 0 Å². The quantitative estimate of drug-likeness (QED) is 0.855. The van der Waals surface area contributed by atoms with Gasteiger partial charge in [0.25, 0.3) is 0 Å². The molecular weight excluding hydrogens is 300 g/mol. The van der Waals surface area contributed by atoms with E-state index in [-0.39, 0.29) is 11.8 Å². The zero-order valence-corrected chi connectivity index (χ0v) is 13.4. The van der Waals surface area contributed by atoms with Gasteiger partial charge in [-0.2, -0.15) is 0 Å². The highest BCUT2D eigenvalue weighted by atomic mass is 32.2. The lowest BCUT2D eigenvalue weighted by molar-refractivity contribution is 0.505. The fraction of sp³-hybridized carbons (Fsp3) is 0.600. The van der Waals surface area contributed by atoms with E-state index in [4.69, 9.17) is 0 Å². The van der Waals surface area contributed by atoms with E-state index in [2.05, 4.69) is 15.0 Å². The zero-order valence-electron chi connectivity index (χ0n) is 12.6. The van der Waals surface area contributed by atoms with E-state index >= 15 is 0 Å². The van der Waals surface area contributed by atoms with Crippen LogP contribution < -0.4 is 4.72 Å². The Labute approximate surface area is 130 Å². The average molecular weight is 322 g/mol. The van der Waals surface area contributed by atoms with Crippen molar-refractivity contribution in [2.75, 3.05) is 5.75 Å². The number of hydrogen-bond acceptors (Lipinski definition) is 4. The molecule has 0 saturated heterocycles. The Hall–Kier alpha value is -1.47. The Morgan fingerprint density at radius 1 is 1.14 bits per heavy atom. The molecule has 1 fully saturated rings. The summed E-state index contributed by atoms with van der Waals surface area (Å²) >= 11 is 0. The summed E-state index contributed by atoms with van der Waals surface area (Å²) in [6, 6.07) is 7.67. The van der Waals surface area contributed by atoms with E-state index < -0.39 is 10.0 Å². The monoisotopic (exact) mass is 322 g/mol. The highest BCUT2D eigenvalue weighted by Gasteiger charge is 2.19. The van der Waals surface area contributed by atoms with Crippen molar-refractivity contribution in [2.45, 2.75) is 51.1 Å². The van der Waals surface area contributed by atoms with Gasteiger partial charge in [-0.05, 0) is 25.0 Å². The summed E-state index contributed by atoms with van der Waals surface area (Å²) in [5.74, 6) is 0.0385. The SMILES string of the molecule is O=S(=O)(CCn1nnc2ccccc21)NC1CCCCCC1. The molecular formula is C15H22N4O2S. The van der Waals surface area contributed by atoms with Crippen LogP contribution in [0.15, 0.2) is 24.3 Å². The maximum atomic E-state index is 12.3. The van der Waals surface area contributed by atoms with Crippen LogP contribution in [0.4, 0.5) is 0 Å². The van der Waals surface area contributed by atoms with Crippen LogP contribution in [-0.2, 0) is 16.6 Å². The van der Waals surface area contributed by atoms with Gasteiger partial charge in [-0.25, -0.2) is 17.8 Å². The van der Waals surface area contributed by atoms with Gasteiger partial charge in [0.15, 0.2) is 0 Å². The van der Waals surface area contributed by atoms with Gasteiger partial charge in [-0.15, -0.1) is 5.10 Å². The molecule has 22 heavy (non-hydrogen) atoms. The van der Waals surface area contributed by atoms with Crippen LogP contribution in [0.25, 0.3) is 11.0 Å². The van der Waals surface area contributed by atoms with Crippen LogP contribution in [0, 0.1) is 0 Å². The van der Waals surface area contributed by atoms with E-state index in [1.807, 2.05) is 24.3 Å². The van der Waals surface area contributed by atoms with Gasteiger partial charge < -0.3 is 0 Å². The van der Waals surface area contributed by atoms with Gasteiger partial charge in [0.1, 0.15) is 5.52 Å². The average Bonchev–Trinajstić information content (AvgIpc) is 2.75. The van der Waals surface area contributed by atoms with E-state index in [1.54, 1.807) is 4.68 Å². The summed E-state index contributed by atoms with van der Waals surface area (Å²) in [5.41, 5.74) is 1.66. The molecule has 1 aromatic heterocycles. The molecule has 0 spiro atoms. The number of hydrogen-bond donors (Lipinski definition) is 1. The molecule has 2 aromatic rings. The number of aryl methyl sites for hydroxylation is 1. The molecule has 120 valence electrons. The van der Waals surface area contributed by atoms with E-state index in [0.29, 0.717) is 6.54 Å². The van der Waals surface area contributed by atoms with Gasteiger partial charge in [0.05, 0.1) is 17.8 Å². The lowest BCUT2D eigenvalue weighted by Crippen LogP contribution is -2.37. The first-order valence-electron chi connectivity index (χ1n) is 7.92. The molecule has 0 radical (unpaired) electrons. The Morgan fingerprint density at radius 2 is 1.86 bits per heavy atom. The lowest BCUT2D eigenvalue weighted by Gasteiger charge is -2.16. The van der Waals surface area contributed by atoms with Gasteiger partial charge in [-0.1, -0.05) is 43.0 Å². The number of fused-ring (bicyclic) bond motifs is 1. The van der Waals surface area contributed by atoms with Crippen molar-refractivity contribution in [3.63, 3.8) is 0 Å². The normalized spacial score (nSPS) is 17.6. The summed E-state index contributed by atoms with van der Waals surface area (Å²) in [6.45, 7) is 0.322. The number of rotatable bonds is 5. The van der Waals surface area contributed by atoms with Crippen molar-refractivity contribution in [3.05, 3.63) is 24.3 Å². The maximum absolute atomic E-state index is 12.3. The molecule has 3 rings (SSSR count). The molecule has 1 aliphatic rings. The fourth-order valence-electron chi connectivity index (χ4n) is 3.00. The number of sulfonamides is 1. The molecule has 0 unspecified atom stereocenters. The van der Waals surface area contributed by atoms with Crippen LogP contribution in [0.3, 0.4) is 0 Å². The first-order valence-corrected chi connectivity index (χ1v) is 9.57. The van der Waals surface area contributed by atoms with E-state index in [9.17, 15) is 8.42 Å². The first kappa shape index (κ1) is 15.4.